The summed E-state index contributed by atoms with van der Waals surface area (Å²) in [6.45, 7) is 4.20. The summed E-state index contributed by atoms with van der Waals surface area (Å²) in [5.74, 6) is 0. The van der Waals surface area contributed by atoms with Crippen LogP contribution in [0.2, 0.25) is 0 Å². The molecule has 80 valence electrons. The van der Waals surface area contributed by atoms with Crippen LogP contribution in [0.15, 0.2) is 0 Å². The molecule has 0 saturated carbocycles. The van der Waals surface area contributed by atoms with Crippen molar-refractivity contribution < 1.29 is 0 Å². The van der Waals surface area contributed by atoms with Gasteiger partial charge in [0.1, 0.15) is 0 Å². The number of nitrogens with two attached hydrogens (primary N) is 3. The summed E-state index contributed by atoms with van der Waals surface area (Å²) < 4.78 is 0. The van der Waals surface area contributed by atoms with Crippen LogP contribution in [-0.4, -0.2) is 18.1 Å². The molecule has 0 aromatic rings. The maximum Gasteiger partial charge on any atom is 0.00541 e. The van der Waals surface area contributed by atoms with Gasteiger partial charge >= 0.3 is 0 Å². The zero-order chi connectivity index (χ0) is 10.3. The topological polar surface area (TPSA) is 78.1 Å². The Morgan fingerprint density at radius 3 is 1.69 bits per heavy atom. The molecular weight excluding hydrogens is 162 g/mol. The van der Waals surface area contributed by atoms with Gasteiger partial charge in [0.15, 0.2) is 0 Å². The minimum atomic E-state index is 0.229. The fourth-order valence-corrected chi connectivity index (χ4v) is 1.31. The molecule has 0 bridgehead atoms. The minimum absolute atomic E-state index is 0.229. The molecule has 3 unspecified atom stereocenters. The van der Waals surface area contributed by atoms with Crippen molar-refractivity contribution in [1.82, 2.24) is 0 Å². The average Bonchev–Trinajstić information content (AvgIpc) is 2.13. The number of rotatable bonds is 7. The highest BCUT2D eigenvalue weighted by molar-refractivity contribution is 4.71. The second-order valence-corrected chi connectivity index (χ2v) is 3.91. The molecule has 3 heteroatoms. The van der Waals surface area contributed by atoms with Gasteiger partial charge in [-0.05, 0) is 32.1 Å². The number of hydrogen-bond donors (Lipinski definition) is 3. The third-order valence-electron chi connectivity index (χ3n) is 2.56. The lowest BCUT2D eigenvalue weighted by atomic mass is 9.99. The van der Waals surface area contributed by atoms with E-state index in [0.29, 0.717) is 6.04 Å². The van der Waals surface area contributed by atoms with Crippen molar-refractivity contribution in [3.8, 4) is 0 Å². The number of hydrogen-bond acceptors (Lipinski definition) is 3. The standard InChI is InChI=1S/C10H25N3/c1-3-8(11)5-6-10(13)7-9(12)4-2/h8-10H,3-7,11-13H2,1-2H3. The Morgan fingerprint density at radius 2 is 1.23 bits per heavy atom. The molecule has 0 saturated heterocycles. The molecule has 6 N–H and O–H groups in total. The third kappa shape index (κ3) is 6.99. The van der Waals surface area contributed by atoms with Crippen LogP contribution in [0.1, 0.15) is 46.0 Å². The smallest absolute Gasteiger partial charge is 0.00541 e. The van der Waals surface area contributed by atoms with Crippen molar-refractivity contribution >= 4 is 0 Å². The zero-order valence-corrected chi connectivity index (χ0v) is 9.00. The van der Waals surface area contributed by atoms with E-state index in [4.69, 9.17) is 17.2 Å². The van der Waals surface area contributed by atoms with Gasteiger partial charge < -0.3 is 17.2 Å². The Balaban J connectivity index is 3.45. The maximum atomic E-state index is 5.92. The molecule has 0 aromatic heterocycles. The molecular formula is C10H25N3. The fourth-order valence-electron chi connectivity index (χ4n) is 1.31. The Hall–Kier alpha value is -0.120. The van der Waals surface area contributed by atoms with Crippen molar-refractivity contribution in [2.45, 2.75) is 64.1 Å². The molecule has 0 heterocycles. The Bertz CT molecular complexity index is 117. The Kier molecular flexibility index (Phi) is 7.23. The first-order valence-electron chi connectivity index (χ1n) is 5.36. The van der Waals surface area contributed by atoms with Crippen LogP contribution in [0.4, 0.5) is 0 Å². The molecule has 3 nitrogen and oxygen atoms in total. The van der Waals surface area contributed by atoms with Gasteiger partial charge in [0.2, 0.25) is 0 Å². The predicted octanol–water partition coefficient (Wildman–Crippen LogP) is 0.959. The average molecular weight is 187 g/mol. The first-order chi connectivity index (χ1) is 6.10. The highest BCUT2D eigenvalue weighted by Crippen LogP contribution is 2.06. The second kappa shape index (κ2) is 7.30. The SMILES string of the molecule is CCC(N)CCC(N)CC(N)CC. The van der Waals surface area contributed by atoms with Gasteiger partial charge in [0.05, 0.1) is 0 Å². The van der Waals surface area contributed by atoms with Crippen LogP contribution in [0.3, 0.4) is 0 Å². The van der Waals surface area contributed by atoms with Gasteiger partial charge in [-0.1, -0.05) is 13.8 Å². The molecule has 0 amide bonds. The molecule has 0 fully saturated rings. The minimum Gasteiger partial charge on any atom is -0.328 e. The van der Waals surface area contributed by atoms with Gasteiger partial charge in [-0.3, -0.25) is 0 Å². The van der Waals surface area contributed by atoms with E-state index in [1.165, 1.54) is 0 Å². The summed E-state index contributed by atoms with van der Waals surface area (Å²) in [5, 5.41) is 0. The first kappa shape index (κ1) is 12.9. The predicted molar refractivity (Wildman–Crippen MR) is 58.4 cm³/mol. The summed E-state index contributed by atoms with van der Waals surface area (Å²) in [5.41, 5.74) is 17.5. The van der Waals surface area contributed by atoms with E-state index in [0.717, 1.165) is 32.1 Å². The van der Waals surface area contributed by atoms with Crippen LogP contribution < -0.4 is 17.2 Å². The highest BCUT2D eigenvalue weighted by atomic mass is 14.7. The molecule has 0 aliphatic heterocycles. The van der Waals surface area contributed by atoms with E-state index >= 15 is 0 Å². The van der Waals surface area contributed by atoms with E-state index in [1.54, 1.807) is 0 Å². The van der Waals surface area contributed by atoms with Gasteiger partial charge in [0.25, 0.3) is 0 Å². The Labute approximate surface area is 82.0 Å². The third-order valence-corrected chi connectivity index (χ3v) is 2.56. The van der Waals surface area contributed by atoms with Crippen LogP contribution in [0, 0.1) is 0 Å². The molecule has 13 heavy (non-hydrogen) atoms. The molecule has 0 aromatic carbocycles. The molecule has 0 rings (SSSR count). The zero-order valence-electron chi connectivity index (χ0n) is 9.00. The van der Waals surface area contributed by atoms with Gasteiger partial charge in [-0.2, -0.15) is 0 Å². The van der Waals surface area contributed by atoms with Crippen molar-refractivity contribution in [3.63, 3.8) is 0 Å². The highest BCUT2D eigenvalue weighted by Gasteiger charge is 2.09. The summed E-state index contributed by atoms with van der Waals surface area (Å²) in [6.07, 6.45) is 4.99. The van der Waals surface area contributed by atoms with E-state index < -0.39 is 0 Å². The summed E-state index contributed by atoms with van der Waals surface area (Å²) in [4.78, 5) is 0. The van der Waals surface area contributed by atoms with Gasteiger partial charge in [-0.25, -0.2) is 0 Å². The normalized spacial score (nSPS) is 18.2. The fraction of sp³-hybridized carbons (Fsp3) is 1.00. The maximum absolute atomic E-state index is 5.92. The molecule has 0 radical (unpaired) electrons. The molecule has 3 atom stereocenters. The lowest BCUT2D eigenvalue weighted by Gasteiger charge is -2.17. The monoisotopic (exact) mass is 187 g/mol. The van der Waals surface area contributed by atoms with Crippen LogP contribution >= 0.6 is 0 Å². The van der Waals surface area contributed by atoms with Crippen molar-refractivity contribution in [1.29, 1.82) is 0 Å². The van der Waals surface area contributed by atoms with Crippen LogP contribution in [0.25, 0.3) is 0 Å². The van der Waals surface area contributed by atoms with Crippen molar-refractivity contribution in [2.75, 3.05) is 0 Å². The summed E-state index contributed by atoms with van der Waals surface area (Å²) >= 11 is 0. The quantitative estimate of drug-likeness (QED) is 0.555. The van der Waals surface area contributed by atoms with Crippen molar-refractivity contribution in [2.24, 2.45) is 17.2 Å². The Morgan fingerprint density at radius 1 is 0.769 bits per heavy atom. The largest absolute Gasteiger partial charge is 0.328 e. The molecule has 0 spiro atoms. The van der Waals surface area contributed by atoms with Crippen LogP contribution in [0.5, 0.6) is 0 Å². The van der Waals surface area contributed by atoms with Gasteiger partial charge in [-0.15, -0.1) is 0 Å². The van der Waals surface area contributed by atoms with E-state index in [9.17, 15) is 0 Å². The van der Waals surface area contributed by atoms with Gasteiger partial charge in [0, 0.05) is 18.1 Å². The summed E-state index contributed by atoms with van der Waals surface area (Å²) in [6, 6.07) is 0.796. The van der Waals surface area contributed by atoms with E-state index in [2.05, 4.69) is 13.8 Å². The van der Waals surface area contributed by atoms with E-state index in [1.807, 2.05) is 0 Å². The first-order valence-corrected chi connectivity index (χ1v) is 5.36. The van der Waals surface area contributed by atoms with E-state index in [-0.39, 0.29) is 12.1 Å². The van der Waals surface area contributed by atoms with Crippen molar-refractivity contribution in [3.05, 3.63) is 0 Å². The second-order valence-electron chi connectivity index (χ2n) is 3.91. The molecule has 0 aliphatic rings. The lowest BCUT2D eigenvalue weighted by molar-refractivity contribution is 0.450. The summed E-state index contributed by atoms with van der Waals surface area (Å²) in [7, 11) is 0. The lowest BCUT2D eigenvalue weighted by Crippen LogP contribution is -2.32. The van der Waals surface area contributed by atoms with Crippen LogP contribution in [-0.2, 0) is 0 Å². The molecule has 0 aliphatic carbocycles.